The fraction of sp³-hybridized carbons (Fsp3) is 0.316. The van der Waals surface area contributed by atoms with Gasteiger partial charge in [-0.3, -0.25) is 0 Å². The maximum absolute atomic E-state index is 10.4. The van der Waals surface area contributed by atoms with Gasteiger partial charge < -0.3 is 14.4 Å². The average Bonchev–Trinajstić information content (AvgIpc) is 2.95. The molecule has 3 aromatic rings. The summed E-state index contributed by atoms with van der Waals surface area (Å²) in [5, 5.41) is 10.4. The Morgan fingerprint density at radius 3 is 2.61 bits per heavy atom. The minimum atomic E-state index is -0.538. The molecule has 1 heterocycles. The molecule has 4 nitrogen and oxygen atoms in total. The van der Waals surface area contributed by atoms with Gasteiger partial charge in [-0.25, -0.2) is 4.98 Å². The van der Waals surface area contributed by atoms with Crippen LogP contribution in [0, 0.1) is 0 Å². The zero-order chi connectivity index (χ0) is 16.1. The van der Waals surface area contributed by atoms with Crippen LogP contribution in [-0.2, 0) is 6.54 Å². The van der Waals surface area contributed by atoms with Gasteiger partial charge in [-0.05, 0) is 30.7 Å². The van der Waals surface area contributed by atoms with Crippen LogP contribution >= 0.6 is 0 Å². The molecule has 1 N–H and O–H groups in total. The van der Waals surface area contributed by atoms with Crippen LogP contribution in [0.5, 0.6) is 5.75 Å². The summed E-state index contributed by atoms with van der Waals surface area (Å²) in [5.41, 5.74) is 1.95. The summed E-state index contributed by atoms with van der Waals surface area (Å²) >= 11 is 0. The minimum absolute atomic E-state index is 0.538. The molecule has 0 spiro atoms. The third-order valence-corrected chi connectivity index (χ3v) is 3.87. The predicted octanol–water partition coefficient (Wildman–Crippen LogP) is 3.95. The van der Waals surface area contributed by atoms with Crippen LogP contribution in [0.2, 0.25) is 0 Å². The molecule has 0 bridgehead atoms. The molecule has 4 heteroatoms. The van der Waals surface area contributed by atoms with Crippen molar-refractivity contribution < 1.29 is 9.84 Å². The normalized spacial score (nSPS) is 12.4. The van der Waals surface area contributed by atoms with Crippen molar-refractivity contribution in [1.82, 2.24) is 9.55 Å². The van der Waals surface area contributed by atoms with Gasteiger partial charge in [-0.15, -0.1) is 0 Å². The standard InChI is InChI=1S/C19H22N2O2/c1-2-8-18(22)19-20-16-11-6-7-12-17(16)21(19)13-14-23-15-9-4-3-5-10-15/h3-7,9-12,18,22H,2,8,13-14H2,1H3/t18-/m1/s1. The van der Waals surface area contributed by atoms with Crippen LogP contribution in [0.15, 0.2) is 54.6 Å². The number of aliphatic hydroxyl groups is 1. The molecule has 0 saturated heterocycles. The van der Waals surface area contributed by atoms with Gasteiger partial charge >= 0.3 is 0 Å². The van der Waals surface area contributed by atoms with E-state index in [1.54, 1.807) is 0 Å². The van der Waals surface area contributed by atoms with Gasteiger partial charge in [0.25, 0.3) is 0 Å². The quantitative estimate of drug-likeness (QED) is 0.719. The second kappa shape index (κ2) is 7.29. The number of imidazole rings is 1. The second-order valence-corrected chi connectivity index (χ2v) is 5.58. The van der Waals surface area contributed by atoms with E-state index >= 15 is 0 Å². The molecule has 1 atom stereocenters. The van der Waals surface area contributed by atoms with E-state index in [2.05, 4.69) is 16.5 Å². The molecule has 1 aromatic heterocycles. The summed E-state index contributed by atoms with van der Waals surface area (Å²) in [6, 6.07) is 17.7. The number of para-hydroxylation sites is 3. The van der Waals surface area contributed by atoms with Crippen LogP contribution < -0.4 is 4.74 Å². The molecule has 0 unspecified atom stereocenters. The van der Waals surface area contributed by atoms with Gasteiger partial charge in [-0.1, -0.05) is 43.7 Å². The molecule has 0 aliphatic heterocycles. The first-order valence-electron chi connectivity index (χ1n) is 8.10. The Bertz CT molecular complexity index is 752. The van der Waals surface area contributed by atoms with E-state index in [1.807, 2.05) is 54.6 Å². The Labute approximate surface area is 136 Å². The Balaban J connectivity index is 1.81. The Morgan fingerprint density at radius 2 is 1.83 bits per heavy atom. The zero-order valence-electron chi connectivity index (χ0n) is 13.4. The zero-order valence-corrected chi connectivity index (χ0v) is 13.4. The summed E-state index contributed by atoms with van der Waals surface area (Å²) in [7, 11) is 0. The molecule has 0 aliphatic rings. The average molecular weight is 310 g/mol. The van der Waals surface area contributed by atoms with Crippen molar-refractivity contribution in [3.63, 3.8) is 0 Å². The first kappa shape index (κ1) is 15.6. The van der Waals surface area contributed by atoms with Gasteiger partial charge in [0.05, 0.1) is 17.6 Å². The lowest BCUT2D eigenvalue weighted by Gasteiger charge is -2.14. The summed E-state index contributed by atoms with van der Waals surface area (Å²) in [6.45, 7) is 3.26. The number of benzene rings is 2. The van der Waals surface area contributed by atoms with Gasteiger partial charge in [0.1, 0.15) is 24.3 Å². The van der Waals surface area contributed by atoms with Crippen molar-refractivity contribution in [3.8, 4) is 5.75 Å². The second-order valence-electron chi connectivity index (χ2n) is 5.58. The van der Waals surface area contributed by atoms with Crippen molar-refractivity contribution in [3.05, 3.63) is 60.4 Å². The van der Waals surface area contributed by atoms with Crippen LogP contribution in [0.1, 0.15) is 31.7 Å². The van der Waals surface area contributed by atoms with E-state index in [9.17, 15) is 5.11 Å². The van der Waals surface area contributed by atoms with Crippen molar-refractivity contribution in [2.75, 3.05) is 6.61 Å². The van der Waals surface area contributed by atoms with Gasteiger partial charge in [0.15, 0.2) is 0 Å². The molecular formula is C19H22N2O2. The number of nitrogens with zero attached hydrogens (tertiary/aromatic N) is 2. The Kier molecular flexibility index (Phi) is 4.93. The lowest BCUT2D eigenvalue weighted by Crippen LogP contribution is -2.14. The lowest BCUT2D eigenvalue weighted by molar-refractivity contribution is 0.151. The van der Waals surface area contributed by atoms with Crippen molar-refractivity contribution in [2.45, 2.75) is 32.4 Å². The van der Waals surface area contributed by atoms with Crippen LogP contribution in [0.3, 0.4) is 0 Å². The molecule has 0 saturated carbocycles. The highest BCUT2D eigenvalue weighted by Crippen LogP contribution is 2.23. The summed E-state index contributed by atoms with van der Waals surface area (Å²) in [6.07, 6.45) is 1.09. The first-order chi connectivity index (χ1) is 11.3. The molecule has 120 valence electrons. The maximum Gasteiger partial charge on any atom is 0.138 e. The number of aromatic nitrogens is 2. The van der Waals surface area contributed by atoms with E-state index < -0.39 is 6.10 Å². The van der Waals surface area contributed by atoms with E-state index in [4.69, 9.17) is 4.74 Å². The largest absolute Gasteiger partial charge is 0.492 e. The molecule has 0 fully saturated rings. The van der Waals surface area contributed by atoms with Gasteiger partial charge in [-0.2, -0.15) is 0 Å². The van der Waals surface area contributed by atoms with E-state index in [-0.39, 0.29) is 0 Å². The summed E-state index contributed by atoms with van der Waals surface area (Å²) in [4.78, 5) is 4.61. The number of hydrogen-bond donors (Lipinski definition) is 1. The molecule has 3 rings (SSSR count). The predicted molar refractivity (Wildman–Crippen MR) is 91.5 cm³/mol. The van der Waals surface area contributed by atoms with Gasteiger partial charge in [0, 0.05) is 0 Å². The maximum atomic E-state index is 10.4. The van der Waals surface area contributed by atoms with Crippen molar-refractivity contribution >= 4 is 11.0 Å². The molecular weight excluding hydrogens is 288 g/mol. The molecule has 0 radical (unpaired) electrons. The fourth-order valence-corrected chi connectivity index (χ4v) is 2.76. The topological polar surface area (TPSA) is 47.3 Å². The number of hydrogen-bond acceptors (Lipinski definition) is 3. The van der Waals surface area contributed by atoms with Gasteiger partial charge in [0.2, 0.25) is 0 Å². The SMILES string of the molecule is CCC[C@@H](O)c1nc2ccccc2n1CCOc1ccccc1. The highest BCUT2D eigenvalue weighted by Gasteiger charge is 2.17. The number of rotatable bonds is 7. The smallest absolute Gasteiger partial charge is 0.138 e. The highest BCUT2D eigenvalue weighted by molar-refractivity contribution is 5.76. The van der Waals surface area contributed by atoms with Crippen LogP contribution in [0.25, 0.3) is 11.0 Å². The number of fused-ring (bicyclic) bond motifs is 1. The lowest BCUT2D eigenvalue weighted by atomic mass is 10.2. The third kappa shape index (κ3) is 3.54. The van der Waals surface area contributed by atoms with Crippen LogP contribution in [0.4, 0.5) is 0 Å². The van der Waals surface area contributed by atoms with Crippen molar-refractivity contribution in [1.29, 1.82) is 0 Å². The molecule has 2 aromatic carbocycles. The molecule has 0 aliphatic carbocycles. The molecule has 0 amide bonds. The van der Waals surface area contributed by atoms with Crippen LogP contribution in [-0.4, -0.2) is 21.3 Å². The number of ether oxygens (including phenoxy) is 1. The Hall–Kier alpha value is -2.33. The van der Waals surface area contributed by atoms with Crippen molar-refractivity contribution in [2.24, 2.45) is 0 Å². The molecule has 23 heavy (non-hydrogen) atoms. The third-order valence-electron chi connectivity index (χ3n) is 3.87. The first-order valence-corrected chi connectivity index (χ1v) is 8.10. The van der Waals surface area contributed by atoms with E-state index in [1.165, 1.54) is 0 Å². The summed E-state index contributed by atoms with van der Waals surface area (Å²) in [5.74, 6) is 1.58. The fourth-order valence-electron chi connectivity index (χ4n) is 2.76. The Morgan fingerprint density at radius 1 is 1.09 bits per heavy atom. The van der Waals surface area contributed by atoms with E-state index in [0.29, 0.717) is 19.6 Å². The van der Waals surface area contributed by atoms with E-state index in [0.717, 1.165) is 29.0 Å². The number of aliphatic hydroxyl groups excluding tert-OH is 1. The minimum Gasteiger partial charge on any atom is -0.492 e. The highest BCUT2D eigenvalue weighted by atomic mass is 16.5. The summed E-state index contributed by atoms with van der Waals surface area (Å²) < 4.78 is 7.86. The monoisotopic (exact) mass is 310 g/mol.